The topological polar surface area (TPSA) is 87.9 Å². The van der Waals surface area contributed by atoms with Gasteiger partial charge in [0.2, 0.25) is 5.71 Å². The van der Waals surface area contributed by atoms with Gasteiger partial charge in [-0.3, -0.25) is 5.10 Å². The molecule has 0 atom stereocenters. The van der Waals surface area contributed by atoms with E-state index in [4.69, 9.17) is 9.21 Å². The van der Waals surface area contributed by atoms with Gasteiger partial charge in [0.1, 0.15) is 24.2 Å². The molecule has 0 unspecified atom stereocenters. The monoisotopic (exact) mass is 419 g/mol. The Bertz CT molecular complexity index is 1230. The lowest BCUT2D eigenvalue weighted by molar-refractivity contribution is -0.106. The zero-order valence-electron chi connectivity index (χ0n) is 17.3. The lowest BCUT2D eigenvalue weighted by Gasteiger charge is -2.20. The fourth-order valence-electron chi connectivity index (χ4n) is 3.53. The molecule has 0 saturated heterocycles. The SMILES string of the molecule is CC=O.CN1CC=C(c2cc3c(-c4cn[nH]c4-c4ccc(F)cc4)ncnc3o2)CC1. The minimum atomic E-state index is -0.278. The summed E-state index contributed by atoms with van der Waals surface area (Å²) in [4.78, 5) is 19.9. The number of aldehydes is 1. The molecule has 7 nitrogen and oxygen atoms in total. The molecule has 31 heavy (non-hydrogen) atoms. The van der Waals surface area contributed by atoms with Crippen LogP contribution in [0.3, 0.4) is 0 Å². The number of aromatic nitrogens is 4. The van der Waals surface area contributed by atoms with Crippen LogP contribution in [0.15, 0.2) is 53.3 Å². The summed E-state index contributed by atoms with van der Waals surface area (Å²) in [6.45, 7) is 3.35. The van der Waals surface area contributed by atoms with Gasteiger partial charge in [0.05, 0.1) is 23.0 Å². The van der Waals surface area contributed by atoms with Gasteiger partial charge in [-0.05, 0) is 56.3 Å². The first-order valence-corrected chi connectivity index (χ1v) is 9.92. The van der Waals surface area contributed by atoms with Crippen LogP contribution in [0, 0.1) is 5.82 Å². The van der Waals surface area contributed by atoms with Gasteiger partial charge >= 0.3 is 0 Å². The molecule has 0 spiro atoms. The minimum Gasteiger partial charge on any atom is -0.438 e. The Labute approximate surface area is 178 Å². The summed E-state index contributed by atoms with van der Waals surface area (Å²) < 4.78 is 19.3. The van der Waals surface area contributed by atoms with Gasteiger partial charge in [-0.1, -0.05) is 6.08 Å². The number of fused-ring (bicyclic) bond motifs is 1. The van der Waals surface area contributed by atoms with E-state index in [1.165, 1.54) is 31.0 Å². The van der Waals surface area contributed by atoms with E-state index in [-0.39, 0.29) is 5.82 Å². The van der Waals surface area contributed by atoms with E-state index < -0.39 is 0 Å². The second-order valence-corrected chi connectivity index (χ2v) is 7.19. The Morgan fingerprint density at radius 3 is 2.71 bits per heavy atom. The Morgan fingerprint density at radius 1 is 1.23 bits per heavy atom. The van der Waals surface area contributed by atoms with Crippen LogP contribution in [-0.2, 0) is 4.79 Å². The zero-order chi connectivity index (χ0) is 21.8. The smallest absolute Gasteiger partial charge is 0.230 e. The maximum absolute atomic E-state index is 13.3. The first-order chi connectivity index (χ1) is 15.1. The number of hydrogen-bond donors (Lipinski definition) is 1. The number of benzene rings is 1. The lowest BCUT2D eigenvalue weighted by atomic mass is 10.0. The number of nitrogens with one attached hydrogen (secondary N) is 1. The summed E-state index contributed by atoms with van der Waals surface area (Å²) in [5, 5.41) is 8.02. The Hall–Kier alpha value is -3.65. The molecule has 1 aromatic carbocycles. The largest absolute Gasteiger partial charge is 0.438 e. The van der Waals surface area contributed by atoms with Crippen LogP contribution in [-0.4, -0.2) is 51.5 Å². The summed E-state index contributed by atoms with van der Waals surface area (Å²) in [5.74, 6) is 0.553. The maximum atomic E-state index is 13.3. The maximum Gasteiger partial charge on any atom is 0.230 e. The van der Waals surface area contributed by atoms with Crippen LogP contribution in [0.1, 0.15) is 19.1 Å². The van der Waals surface area contributed by atoms with E-state index in [1.807, 2.05) is 6.07 Å². The molecule has 0 amide bonds. The van der Waals surface area contributed by atoms with Gasteiger partial charge in [0.15, 0.2) is 0 Å². The van der Waals surface area contributed by atoms with Crippen LogP contribution in [0.2, 0.25) is 0 Å². The molecule has 1 aliphatic heterocycles. The first-order valence-electron chi connectivity index (χ1n) is 9.92. The third-order valence-electron chi connectivity index (χ3n) is 5.09. The number of carbonyl (C=O) groups excluding carboxylic acids is 1. The van der Waals surface area contributed by atoms with Gasteiger partial charge in [-0.15, -0.1) is 0 Å². The quantitative estimate of drug-likeness (QED) is 0.497. The predicted molar refractivity (Wildman–Crippen MR) is 117 cm³/mol. The molecule has 1 aliphatic rings. The fraction of sp³-hybridized carbons (Fsp3) is 0.217. The molecular weight excluding hydrogens is 397 g/mol. The normalized spacial score (nSPS) is 14.1. The number of rotatable bonds is 3. The van der Waals surface area contributed by atoms with Crippen LogP contribution < -0.4 is 0 Å². The molecule has 0 bridgehead atoms. The second kappa shape index (κ2) is 9.01. The highest BCUT2D eigenvalue weighted by Crippen LogP contribution is 2.35. The Balaban J connectivity index is 0.000000730. The summed E-state index contributed by atoms with van der Waals surface area (Å²) in [7, 11) is 2.10. The molecule has 5 rings (SSSR count). The average Bonchev–Trinajstić information content (AvgIpc) is 3.42. The number of H-pyrrole nitrogens is 1. The van der Waals surface area contributed by atoms with E-state index in [0.29, 0.717) is 5.71 Å². The average molecular weight is 419 g/mol. The predicted octanol–water partition coefficient (Wildman–Crippen LogP) is 4.34. The second-order valence-electron chi connectivity index (χ2n) is 7.19. The molecule has 0 fully saturated rings. The Morgan fingerprint density at radius 2 is 2.00 bits per heavy atom. The standard InChI is InChI=1S/C21H18FN5O.C2H4O/c1-27-8-6-13(7-9-27)18-10-16-20(23-12-24-21(16)28-18)17-11-25-26-19(17)14-2-4-15(22)5-3-14;1-2-3/h2-6,10-12H,7-9H2,1H3,(H,25,26);2H,1H3. The molecule has 8 heteroatoms. The fourth-order valence-corrected chi connectivity index (χ4v) is 3.53. The number of furan rings is 1. The van der Waals surface area contributed by atoms with Crippen molar-refractivity contribution >= 4 is 23.0 Å². The molecule has 0 radical (unpaired) electrons. The minimum absolute atomic E-state index is 0.278. The van der Waals surface area contributed by atoms with E-state index in [1.54, 1.807) is 18.3 Å². The van der Waals surface area contributed by atoms with Gasteiger partial charge in [0.25, 0.3) is 0 Å². The summed E-state index contributed by atoms with van der Waals surface area (Å²) in [6, 6.07) is 8.29. The molecule has 4 aromatic rings. The molecule has 1 N–H and O–H groups in total. The number of aromatic amines is 1. The van der Waals surface area contributed by atoms with Crippen molar-refractivity contribution in [2.24, 2.45) is 0 Å². The van der Waals surface area contributed by atoms with Crippen molar-refractivity contribution < 1.29 is 13.6 Å². The van der Waals surface area contributed by atoms with E-state index in [0.717, 1.165) is 59.5 Å². The molecule has 0 saturated carbocycles. The molecule has 158 valence electrons. The van der Waals surface area contributed by atoms with Crippen LogP contribution >= 0.6 is 0 Å². The summed E-state index contributed by atoms with van der Waals surface area (Å²) >= 11 is 0. The van der Waals surface area contributed by atoms with Crippen molar-refractivity contribution in [1.29, 1.82) is 0 Å². The van der Waals surface area contributed by atoms with Crippen molar-refractivity contribution in [3.05, 3.63) is 60.5 Å². The van der Waals surface area contributed by atoms with Crippen molar-refractivity contribution in [3.8, 4) is 22.5 Å². The van der Waals surface area contributed by atoms with Crippen molar-refractivity contribution in [3.63, 3.8) is 0 Å². The summed E-state index contributed by atoms with van der Waals surface area (Å²) in [5.41, 5.74) is 4.91. The van der Waals surface area contributed by atoms with E-state index in [2.05, 4.69) is 38.2 Å². The van der Waals surface area contributed by atoms with Crippen LogP contribution in [0.5, 0.6) is 0 Å². The first kappa shape index (κ1) is 20.6. The van der Waals surface area contributed by atoms with Gasteiger partial charge < -0.3 is 14.1 Å². The Kier molecular flexibility index (Phi) is 5.99. The highest BCUT2D eigenvalue weighted by molar-refractivity contribution is 5.95. The van der Waals surface area contributed by atoms with Crippen LogP contribution in [0.4, 0.5) is 4.39 Å². The van der Waals surface area contributed by atoms with Crippen molar-refractivity contribution in [2.75, 3.05) is 20.1 Å². The van der Waals surface area contributed by atoms with Crippen LogP contribution in [0.25, 0.3) is 39.2 Å². The number of likely N-dealkylation sites (N-methyl/N-ethyl adjacent to an activating group) is 1. The van der Waals surface area contributed by atoms with Gasteiger partial charge in [-0.25, -0.2) is 14.4 Å². The zero-order valence-corrected chi connectivity index (χ0v) is 17.3. The number of hydrogen-bond acceptors (Lipinski definition) is 6. The highest BCUT2D eigenvalue weighted by Gasteiger charge is 2.19. The van der Waals surface area contributed by atoms with Gasteiger partial charge in [-0.2, -0.15) is 5.10 Å². The number of halogens is 1. The molecule has 3 aromatic heterocycles. The lowest BCUT2D eigenvalue weighted by Crippen LogP contribution is -2.23. The van der Waals surface area contributed by atoms with Crippen molar-refractivity contribution in [2.45, 2.75) is 13.3 Å². The number of nitrogens with zero attached hydrogens (tertiary/aromatic N) is 4. The summed E-state index contributed by atoms with van der Waals surface area (Å²) in [6.07, 6.45) is 7.10. The van der Waals surface area contributed by atoms with Gasteiger partial charge in [0, 0.05) is 24.2 Å². The highest BCUT2D eigenvalue weighted by atomic mass is 19.1. The van der Waals surface area contributed by atoms with E-state index in [9.17, 15) is 4.39 Å². The molecule has 4 heterocycles. The molecular formula is C23H22FN5O2. The third kappa shape index (κ3) is 4.29. The molecule has 0 aliphatic carbocycles. The number of carbonyl (C=O) groups is 1. The van der Waals surface area contributed by atoms with Crippen molar-refractivity contribution in [1.82, 2.24) is 25.1 Å². The third-order valence-corrected chi connectivity index (χ3v) is 5.09. The van der Waals surface area contributed by atoms with E-state index >= 15 is 0 Å².